The zero-order valence-electron chi connectivity index (χ0n) is 23.7. The van der Waals surface area contributed by atoms with Crippen LogP contribution in [0.2, 0.25) is 0 Å². The lowest BCUT2D eigenvalue weighted by atomic mass is 10.1. The van der Waals surface area contributed by atoms with Crippen LogP contribution >= 0.6 is 11.3 Å². The number of hydrogen-bond acceptors (Lipinski definition) is 13. The number of anilines is 1. The number of carbonyl (C=O) groups is 1. The molecule has 0 radical (unpaired) electrons. The minimum atomic E-state index is -3.52. The summed E-state index contributed by atoms with van der Waals surface area (Å²) in [5.74, 6) is 0.223. The van der Waals surface area contributed by atoms with Crippen LogP contribution in [-0.2, 0) is 30.8 Å². The molecule has 1 aliphatic heterocycles. The van der Waals surface area contributed by atoms with Crippen molar-refractivity contribution in [2.24, 2.45) is 5.16 Å². The fourth-order valence-electron chi connectivity index (χ4n) is 4.35. The number of thiazole rings is 1. The van der Waals surface area contributed by atoms with Gasteiger partial charge in [0.1, 0.15) is 16.5 Å². The Bertz CT molecular complexity index is 1680. The highest BCUT2D eigenvalue weighted by atomic mass is 32.2. The topological polar surface area (TPSA) is 158 Å². The molecule has 1 N–H and O–H groups in total. The lowest BCUT2D eigenvalue weighted by Gasteiger charge is -2.12. The maximum atomic E-state index is 13.4. The molecular weight excluding hydrogens is 594 g/mol. The van der Waals surface area contributed by atoms with Crippen LogP contribution in [0.15, 0.2) is 64.9 Å². The summed E-state index contributed by atoms with van der Waals surface area (Å²) in [6.07, 6.45) is 4.51. The normalized spacial score (nSPS) is 16.0. The quantitative estimate of drug-likeness (QED) is 0.132. The molecule has 1 saturated heterocycles. The molecule has 0 aliphatic carbocycles. The molecule has 226 valence electrons. The van der Waals surface area contributed by atoms with Crippen LogP contribution in [0.1, 0.15) is 24.2 Å². The van der Waals surface area contributed by atoms with E-state index >= 15 is 0 Å². The van der Waals surface area contributed by atoms with Gasteiger partial charge >= 0.3 is 0 Å². The number of aromatic nitrogens is 4. The second-order valence-electron chi connectivity index (χ2n) is 9.81. The zero-order chi connectivity index (χ0) is 30.2. The smallest absolute Gasteiger partial charge is 0.280 e. The fraction of sp³-hybridized carbons (Fsp3) is 0.357. The number of pyridine rings is 1. The molecule has 0 spiro atoms. The van der Waals surface area contributed by atoms with Gasteiger partial charge in [-0.25, -0.2) is 28.4 Å². The van der Waals surface area contributed by atoms with Crippen molar-refractivity contribution in [2.75, 3.05) is 44.9 Å². The number of likely N-dealkylation sites (tertiary alicyclic amines) is 1. The largest absolute Gasteiger partial charge is 0.473 e. The number of carbonyl (C=O) groups excluding carboxylic acids is 1. The van der Waals surface area contributed by atoms with E-state index in [4.69, 9.17) is 14.3 Å². The number of hydrogen-bond donors (Lipinski definition) is 1. The number of sulfone groups is 1. The first kappa shape index (κ1) is 30.4. The number of oxime groups is 1. The molecule has 5 rings (SSSR count). The molecule has 4 aromatic rings. The number of nitrogens with one attached hydrogen (secondary N) is 1. The number of nitrogens with zero attached hydrogens (tertiary/aromatic N) is 6. The van der Waals surface area contributed by atoms with E-state index in [2.05, 4.69) is 42.4 Å². The molecule has 13 nitrogen and oxygen atoms in total. The monoisotopic (exact) mass is 625 g/mol. The molecule has 3 aromatic heterocycles. The van der Waals surface area contributed by atoms with E-state index < -0.39 is 15.7 Å². The number of rotatable bonds is 13. The number of methoxy groups -OCH3 is 1. The molecule has 0 saturated carbocycles. The van der Waals surface area contributed by atoms with E-state index in [1.165, 1.54) is 42.7 Å². The van der Waals surface area contributed by atoms with Gasteiger partial charge in [-0.2, -0.15) is 0 Å². The van der Waals surface area contributed by atoms with Crippen molar-refractivity contribution in [2.45, 2.75) is 30.4 Å². The van der Waals surface area contributed by atoms with Crippen molar-refractivity contribution < 1.29 is 27.5 Å². The second-order valence-corrected chi connectivity index (χ2v) is 12.9. The van der Waals surface area contributed by atoms with Crippen molar-refractivity contribution in [3.63, 3.8) is 0 Å². The van der Waals surface area contributed by atoms with Crippen LogP contribution in [0.5, 0.6) is 5.88 Å². The van der Waals surface area contributed by atoms with E-state index in [-0.39, 0.29) is 29.1 Å². The van der Waals surface area contributed by atoms with Gasteiger partial charge < -0.3 is 19.2 Å². The molecule has 1 atom stereocenters. The summed E-state index contributed by atoms with van der Waals surface area (Å²) in [5.41, 5.74) is 0.870. The molecule has 1 aliphatic rings. The van der Waals surface area contributed by atoms with E-state index in [9.17, 15) is 13.2 Å². The summed E-state index contributed by atoms with van der Waals surface area (Å²) in [5, 5.41) is 7.14. The van der Waals surface area contributed by atoms with Gasteiger partial charge in [-0.3, -0.25) is 10.1 Å². The van der Waals surface area contributed by atoms with Gasteiger partial charge in [0.15, 0.2) is 33.1 Å². The van der Waals surface area contributed by atoms with Crippen LogP contribution in [0, 0.1) is 0 Å². The lowest BCUT2D eigenvalue weighted by molar-refractivity contribution is -0.110. The molecule has 0 unspecified atom stereocenters. The van der Waals surface area contributed by atoms with E-state index in [1.807, 2.05) is 0 Å². The number of fused-ring (bicyclic) bond motifs is 1. The van der Waals surface area contributed by atoms with Crippen molar-refractivity contribution in [3.8, 4) is 5.88 Å². The maximum absolute atomic E-state index is 13.4. The highest BCUT2D eigenvalue weighted by Gasteiger charge is 2.23. The Morgan fingerprint density at radius 2 is 1.93 bits per heavy atom. The Kier molecular flexibility index (Phi) is 9.86. The third kappa shape index (κ3) is 8.07. The summed E-state index contributed by atoms with van der Waals surface area (Å²) >= 11 is 1.20. The molecule has 0 bridgehead atoms. The highest BCUT2D eigenvalue weighted by Crippen LogP contribution is 2.27. The number of benzene rings is 1. The van der Waals surface area contributed by atoms with Crippen molar-refractivity contribution >= 4 is 48.3 Å². The average molecular weight is 626 g/mol. The van der Waals surface area contributed by atoms with Gasteiger partial charge in [-0.15, -0.1) is 0 Å². The molecular formula is C28H31N7O6S2. The van der Waals surface area contributed by atoms with Crippen LogP contribution in [0.25, 0.3) is 10.3 Å². The Morgan fingerprint density at radius 3 is 2.65 bits per heavy atom. The zero-order valence-corrected chi connectivity index (χ0v) is 25.3. The summed E-state index contributed by atoms with van der Waals surface area (Å²) in [4.78, 5) is 39.0. The van der Waals surface area contributed by atoms with Crippen LogP contribution in [-0.4, -0.2) is 90.6 Å². The van der Waals surface area contributed by atoms with Gasteiger partial charge in [0.05, 0.1) is 10.6 Å². The van der Waals surface area contributed by atoms with Crippen LogP contribution in [0.4, 0.5) is 5.13 Å². The first-order valence-electron chi connectivity index (χ1n) is 13.5. The molecule has 1 aromatic carbocycles. The molecule has 1 fully saturated rings. The average Bonchev–Trinajstić information content (AvgIpc) is 3.60. The van der Waals surface area contributed by atoms with E-state index in [0.29, 0.717) is 45.8 Å². The Labute approximate surface area is 252 Å². The third-order valence-corrected chi connectivity index (χ3v) is 9.22. The van der Waals surface area contributed by atoms with Crippen LogP contribution in [0.3, 0.4) is 0 Å². The predicted molar refractivity (Wildman–Crippen MR) is 161 cm³/mol. The first-order valence-corrected chi connectivity index (χ1v) is 16.0. The van der Waals surface area contributed by atoms with Gasteiger partial charge in [0.2, 0.25) is 5.88 Å². The lowest BCUT2D eigenvalue weighted by Crippen LogP contribution is -2.24. The second kappa shape index (κ2) is 13.9. The number of amides is 1. The summed E-state index contributed by atoms with van der Waals surface area (Å²) in [6.45, 7) is 2.08. The molecule has 4 heterocycles. The number of likely N-dealkylation sites (N-methyl/N-ethyl adjacent to an activating group) is 1. The third-order valence-electron chi connectivity index (χ3n) is 6.52. The van der Waals surface area contributed by atoms with E-state index in [0.717, 1.165) is 19.5 Å². The number of ether oxygens (including phenoxy) is 2. The van der Waals surface area contributed by atoms with Gasteiger partial charge in [-0.1, -0.05) is 28.6 Å². The van der Waals surface area contributed by atoms with Crippen LogP contribution < -0.4 is 10.1 Å². The minimum absolute atomic E-state index is 0.0576. The van der Waals surface area contributed by atoms with E-state index in [1.54, 1.807) is 30.6 Å². The minimum Gasteiger partial charge on any atom is -0.473 e. The fourth-order valence-corrected chi connectivity index (χ4v) is 6.46. The molecule has 1 amide bonds. The van der Waals surface area contributed by atoms with Gasteiger partial charge in [-0.05, 0) is 44.2 Å². The van der Waals surface area contributed by atoms with Crippen molar-refractivity contribution in [3.05, 3.63) is 66.2 Å². The molecule has 15 heteroatoms. The summed E-state index contributed by atoms with van der Waals surface area (Å²) in [7, 11) is 0.0506. The summed E-state index contributed by atoms with van der Waals surface area (Å²) < 4.78 is 36.4. The Morgan fingerprint density at radius 1 is 1.14 bits per heavy atom. The van der Waals surface area contributed by atoms with Gasteiger partial charge in [0.25, 0.3) is 5.91 Å². The standard InChI is InChI=1S/C28H31N7O6S2/c1-35-14-11-20(17-35)41-24-10-9-22-27(32-24)42-28(31-22)33-26(36)25(34-40-18-23-29-12-3-13-30-23)19-5-7-21(8-6-19)43(37,38)16-4-15-39-2/h3,5-10,12-13,20H,4,11,14-18H2,1-2H3,(H,31,33,36)/t20-/m0/s1. The maximum Gasteiger partial charge on any atom is 0.280 e. The highest BCUT2D eigenvalue weighted by molar-refractivity contribution is 7.91. The Hall–Kier alpha value is -4.05. The predicted octanol–water partition coefficient (Wildman–Crippen LogP) is 2.93. The first-order chi connectivity index (χ1) is 20.8. The molecule has 43 heavy (non-hydrogen) atoms. The van der Waals surface area contributed by atoms with Gasteiger partial charge in [0, 0.05) is 50.8 Å². The van der Waals surface area contributed by atoms with Crippen molar-refractivity contribution in [1.82, 2.24) is 24.8 Å². The SMILES string of the molecule is COCCCS(=O)(=O)c1ccc(C(=NOCc2ncccn2)C(=O)Nc2nc3ccc(O[C@H]4CCN(C)C4)nc3s2)cc1. The Balaban J connectivity index is 1.34. The van der Waals surface area contributed by atoms with Crippen molar-refractivity contribution in [1.29, 1.82) is 0 Å². The summed E-state index contributed by atoms with van der Waals surface area (Å²) in [6, 6.07) is 11.1.